The number of aryl methyl sites for hydroxylation is 1. The van der Waals surface area contributed by atoms with Crippen LogP contribution >= 0.6 is 22.9 Å². The van der Waals surface area contributed by atoms with Crippen molar-refractivity contribution in [1.82, 2.24) is 14.5 Å². The fraction of sp³-hybridized carbons (Fsp3) is 0.222. The van der Waals surface area contributed by atoms with Crippen LogP contribution in [0.25, 0.3) is 0 Å². The van der Waals surface area contributed by atoms with Gasteiger partial charge in [0.1, 0.15) is 0 Å². The van der Waals surface area contributed by atoms with E-state index in [4.69, 9.17) is 11.6 Å². The van der Waals surface area contributed by atoms with Crippen LogP contribution in [0.5, 0.6) is 0 Å². The molecule has 0 spiro atoms. The second kappa shape index (κ2) is 4.12. The molecular weight excluding hydrogens is 234 g/mol. The van der Waals surface area contributed by atoms with Crippen molar-refractivity contribution in [3.05, 3.63) is 44.0 Å². The number of thiazole rings is 1. The van der Waals surface area contributed by atoms with Crippen LogP contribution in [0.1, 0.15) is 10.4 Å². The molecule has 4 nitrogen and oxygen atoms in total. The van der Waals surface area contributed by atoms with E-state index in [-0.39, 0.29) is 5.69 Å². The monoisotopic (exact) mass is 241 g/mol. The molecule has 78 valence electrons. The number of nitrogens with zero attached hydrogens (tertiary/aromatic N) is 3. The van der Waals surface area contributed by atoms with Crippen molar-refractivity contribution < 1.29 is 0 Å². The summed E-state index contributed by atoms with van der Waals surface area (Å²) in [6.07, 6.45) is 4.99. The third-order valence-corrected chi connectivity index (χ3v) is 2.93. The molecule has 15 heavy (non-hydrogen) atoms. The van der Waals surface area contributed by atoms with E-state index in [1.165, 1.54) is 11.3 Å². The Morgan fingerprint density at radius 2 is 2.27 bits per heavy atom. The average molecular weight is 242 g/mol. The molecule has 0 bridgehead atoms. The highest BCUT2D eigenvalue weighted by Gasteiger charge is 2.02. The summed E-state index contributed by atoms with van der Waals surface area (Å²) in [6.45, 7) is 2.36. The maximum Gasteiger partial charge on any atom is 0.347 e. The number of hydrogen-bond donors (Lipinski definition) is 0. The van der Waals surface area contributed by atoms with Crippen LogP contribution in [0.15, 0.2) is 23.4 Å². The van der Waals surface area contributed by atoms with Crippen molar-refractivity contribution in [2.75, 3.05) is 0 Å². The SMILES string of the molecule is Cc1cnc(=O)n(Cc2cnc(Cl)s2)c1. The van der Waals surface area contributed by atoms with Crippen LogP contribution < -0.4 is 5.69 Å². The maximum absolute atomic E-state index is 11.4. The van der Waals surface area contributed by atoms with Crippen LogP contribution in [-0.2, 0) is 6.54 Å². The predicted molar refractivity (Wildman–Crippen MR) is 59.5 cm³/mol. The van der Waals surface area contributed by atoms with E-state index < -0.39 is 0 Å². The van der Waals surface area contributed by atoms with E-state index in [1.807, 2.05) is 6.92 Å². The van der Waals surface area contributed by atoms with Gasteiger partial charge in [0.05, 0.1) is 6.54 Å². The molecule has 0 atom stereocenters. The zero-order chi connectivity index (χ0) is 10.8. The Morgan fingerprint density at radius 3 is 2.93 bits per heavy atom. The lowest BCUT2D eigenvalue weighted by Gasteiger charge is -2.02. The number of rotatable bonds is 2. The third-order valence-electron chi connectivity index (χ3n) is 1.84. The smallest absolute Gasteiger partial charge is 0.294 e. The molecule has 0 amide bonds. The highest BCUT2D eigenvalue weighted by molar-refractivity contribution is 7.15. The summed E-state index contributed by atoms with van der Waals surface area (Å²) in [5, 5.41) is 0. The highest BCUT2D eigenvalue weighted by Crippen LogP contribution is 2.18. The molecule has 2 rings (SSSR count). The lowest BCUT2D eigenvalue weighted by molar-refractivity contribution is 0.728. The van der Waals surface area contributed by atoms with Gasteiger partial charge in [0.2, 0.25) is 0 Å². The fourth-order valence-corrected chi connectivity index (χ4v) is 2.18. The summed E-state index contributed by atoms with van der Waals surface area (Å²) in [6, 6.07) is 0. The molecule has 0 N–H and O–H groups in total. The highest BCUT2D eigenvalue weighted by atomic mass is 35.5. The van der Waals surface area contributed by atoms with Gasteiger partial charge in [-0.3, -0.25) is 4.57 Å². The van der Waals surface area contributed by atoms with E-state index in [0.717, 1.165) is 10.4 Å². The minimum absolute atomic E-state index is 0.259. The molecule has 0 aliphatic carbocycles. The molecule has 0 aromatic carbocycles. The molecular formula is C9H8ClN3OS. The molecule has 0 radical (unpaired) electrons. The molecule has 0 unspecified atom stereocenters. The molecule has 0 saturated heterocycles. The zero-order valence-electron chi connectivity index (χ0n) is 7.98. The van der Waals surface area contributed by atoms with Crippen LogP contribution in [0, 0.1) is 6.92 Å². The Balaban J connectivity index is 2.31. The summed E-state index contributed by atoms with van der Waals surface area (Å²) >= 11 is 7.07. The van der Waals surface area contributed by atoms with Gasteiger partial charge >= 0.3 is 5.69 Å². The molecule has 2 aromatic rings. The van der Waals surface area contributed by atoms with Crippen LogP contribution in [-0.4, -0.2) is 14.5 Å². The molecule has 0 aliphatic heterocycles. The summed E-state index contributed by atoms with van der Waals surface area (Å²) in [7, 11) is 0. The van der Waals surface area contributed by atoms with Gasteiger partial charge in [-0.15, -0.1) is 11.3 Å². The van der Waals surface area contributed by atoms with Gasteiger partial charge in [-0.2, -0.15) is 0 Å². The Bertz CT molecular complexity index is 534. The Labute approximate surface area is 95.2 Å². The Kier molecular flexibility index (Phi) is 2.83. The van der Waals surface area contributed by atoms with Crippen LogP contribution in [0.3, 0.4) is 0 Å². The van der Waals surface area contributed by atoms with E-state index in [2.05, 4.69) is 9.97 Å². The van der Waals surface area contributed by atoms with Gasteiger partial charge in [0, 0.05) is 23.5 Å². The lowest BCUT2D eigenvalue weighted by Crippen LogP contribution is -2.22. The molecule has 6 heteroatoms. The average Bonchev–Trinajstić information content (AvgIpc) is 2.58. The van der Waals surface area contributed by atoms with Crippen LogP contribution in [0.2, 0.25) is 4.47 Å². The fourth-order valence-electron chi connectivity index (χ4n) is 1.20. The number of aromatic nitrogens is 3. The van der Waals surface area contributed by atoms with Crippen molar-refractivity contribution in [3.8, 4) is 0 Å². The summed E-state index contributed by atoms with van der Waals surface area (Å²) in [5.74, 6) is 0. The van der Waals surface area contributed by atoms with E-state index in [0.29, 0.717) is 11.0 Å². The summed E-state index contributed by atoms with van der Waals surface area (Å²) in [4.78, 5) is 20.0. The van der Waals surface area contributed by atoms with Crippen molar-refractivity contribution in [3.63, 3.8) is 0 Å². The zero-order valence-corrected chi connectivity index (χ0v) is 9.55. The minimum Gasteiger partial charge on any atom is -0.294 e. The standard InChI is InChI=1S/C9H8ClN3OS/c1-6-2-12-9(14)13(4-6)5-7-3-11-8(10)15-7/h2-4H,5H2,1H3. The second-order valence-electron chi connectivity index (χ2n) is 3.12. The van der Waals surface area contributed by atoms with E-state index in [1.54, 1.807) is 23.2 Å². The lowest BCUT2D eigenvalue weighted by atomic mass is 10.4. The molecule has 0 fully saturated rings. The number of hydrogen-bond acceptors (Lipinski definition) is 4. The third kappa shape index (κ3) is 2.43. The number of halogens is 1. The van der Waals surface area contributed by atoms with Gasteiger partial charge in [0.25, 0.3) is 0 Å². The summed E-state index contributed by atoms with van der Waals surface area (Å²) in [5.41, 5.74) is 0.690. The quantitative estimate of drug-likeness (QED) is 0.804. The largest absolute Gasteiger partial charge is 0.347 e. The molecule has 0 aliphatic rings. The van der Waals surface area contributed by atoms with Gasteiger partial charge < -0.3 is 0 Å². The van der Waals surface area contributed by atoms with E-state index in [9.17, 15) is 4.79 Å². The molecule has 0 saturated carbocycles. The second-order valence-corrected chi connectivity index (χ2v) is 4.82. The Morgan fingerprint density at radius 1 is 1.47 bits per heavy atom. The first kappa shape index (κ1) is 10.3. The molecule has 2 heterocycles. The molecule has 2 aromatic heterocycles. The first-order valence-electron chi connectivity index (χ1n) is 4.28. The predicted octanol–water partition coefficient (Wildman–Crippen LogP) is 1.71. The van der Waals surface area contributed by atoms with Crippen molar-refractivity contribution in [2.24, 2.45) is 0 Å². The topological polar surface area (TPSA) is 47.8 Å². The van der Waals surface area contributed by atoms with E-state index >= 15 is 0 Å². The van der Waals surface area contributed by atoms with Gasteiger partial charge in [0.15, 0.2) is 4.47 Å². The first-order chi connectivity index (χ1) is 7.15. The van der Waals surface area contributed by atoms with Crippen molar-refractivity contribution in [1.29, 1.82) is 0 Å². The summed E-state index contributed by atoms with van der Waals surface area (Å²) < 4.78 is 2.03. The first-order valence-corrected chi connectivity index (χ1v) is 5.48. The maximum atomic E-state index is 11.4. The normalized spacial score (nSPS) is 10.5. The van der Waals surface area contributed by atoms with Crippen molar-refractivity contribution in [2.45, 2.75) is 13.5 Å². The van der Waals surface area contributed by atoms with Gasteiger partial charge in [-0.1, -0.05) is 11.6 Å². The Hall–Kier alpha value is -1.20. The van der Waals surface area contributed by atoms with Gasteiger partial charge in [-0.25, -0.2) is 14.8 Å². The van der Waals surface area contributed by atoms with Crippen molar-refractivity contribution >= 4 is 22.9 Å². The van der Waals surface area contributed by atoms with Crippen LogP contribution in [0.4, 0.5) is 0 Å². The minimum atomic E-state index is -0.259. The van der Waals surface area contributed by atoms with Gasteiger partial charge in [-0.05, 0) is 12.5 Å².